The zero-order valence-corrected chi connectivity index (χ0v) is 20.0. The zero-order chi connectivity index (χ0) is 24.0. The number of anilines is 1. The monoisotopic (exact) mass is 481 g/mol. The van der Waals surface area contributed by atoms with E-state index in [1.807, 2.05) is 49.6 Å². The molecule has 1 saturated heterocycles. The van der Waals surface area contributed by atoms with Crippen LogP contribution in [0.15, 0.2) is 48.0 Å². The molecule has 6 nitrogen and oxygen atoms in total. The van der Waals surface area contributed by atoms with Gasteiger partial charge >= 0.3 is 6.03 Å². The van der Waals surface area contributed by atoms with Crippen molar-refractivity contribution < 1.29 is 14.4 Å². The largest absolute Gasteiger partial charge is 0.335 e. The van der Waals surface area contributed by atoms with E-state index in [4.69, 9.17) is 23.2 Å². The van der Waals surface area contributed by atoms with E-state index in [9.17, 15) is 14.4 Å². The number of aromatic nitrogens is 1. The molecule has 0 aliphatic carbocycles. The van der Waals surface area contributed by atoms with Crippen LogP contribution in [0.1, 0.15) is 28.1 Å². The third-order valence-electron chi connectivity index (χ3n) is 5.83. The number of hydrogen-bond acceptors (Lipinski definition) is 3. The Bertz CT molecular complexity index is 1370. The van der Waals surface area contributed by atoms with Gasteiger partial charge in [-0.15, -0.1) is 0 Å². The van der Waals surface area contributed by atoms with Crippen LogP contribution in [0.25, 0.3) is 11.8 Å². The minimum Gasteiger partial charge on any atom is -0.318 e. The van der Waals surface area contributed by atoms with Crippen LogP contribution < -0.4 is 10.2 Å². The first-order valence-electron chi connectivity index (χ1n) is 10.2. The first kappa shape index (κ1) is 22.8. The molecule has 2 heterocycles. The summed E-state index contributed by atoms with van der Waals surface area (Å²) >= 11 is 12.5. The number of amides is 4. The highest BCUT2D eigenvalue weighted by molar-refractivity contribution is 6.40. The molecule has 0 spiro atoms. The smallest absolute Gasteiger partial charge is 0.318 e. The summed E-state index contributed by atoms with van der Waals surface area (Å²) in [6.45, 7) is 7.47. The number of nitrogens with one attached hydrogen (secondary N) is 1. The fourth-order valence-electron chi connectivity index (χ4n) is 4.01. The zero-order valence-electron chi connectivity index (χ0n) is 18.5. The van der Waals surface area contributed by atoms with E-state index in [-0.39, 0.29) is 5.57 Å². The third kappa shape index (κ3) is 3.86. The topological polar surface area (TPSA) is 71.4 Å². The molecule has 0 saturated carbocycles. The number of carbonyl (C=O) groups is 3. The molecule has 1 aliphatic rings. The quantitative estimate of drug-likeness (QED) is 0.386. The number of rotatable bonds is 3. The number of halogens is 2. The van der Waals surface area contributed by atoms with Crippen LogP contribution in [0.3, 0.4) is 0 Å². The molecule has 1 aliphatic heterocycles. The lowest BCUT2D eigenvalue weighted by Gasteiger charge is -2.27. The van der Waals surface area contributed by atoms with Crippen molar-refractivity contribution in [2.24, 2.45) is 0 Å². The highest BCUT2D eigenvalue weighted by Gasteiger charge is 2.37. The van der Waals surface area contributed by atoms with E-state index >= 15 is 0 Å². The van der Waals surface area contributed by atoms with E-state index in [1.54, 1.807) is 25.1 Å². The summed E-state index contributed by atoms with van der Waals surface area (Å²) in [7, 11) is 0. The Balaban J connectivity index is 1.81. The van der Waals surface area contributed by atoms with Gasteiger partial charge in [0.15, 0.2) is 0 Å². The standard InChI is InChI=1S/C25H21Cl2N3O3/c1-13-11-17(16(4)29(13)21-9-5-7-19(26)14(21)2)12-18-23(31)28-25(33)30(24(18)32)22-10-6-8-20(27)15(22)3/h5-12H,1-4H3,(H,28,31,33)/b18-12+. The molecule has 0 atom stereocenters. The molecule has 0 radical (unpaired) electrons. The summed E-state index contributed by atoms with van der Waals surface area (Å²) in [5, 5.41) is 3.32. The molecule has 4 rings (SSSR count). The van der Waals surface area contributed by atoms with Gasteiger partial charge in [-0.3, -0.25) is 14.9 Å². The lowest BCUT2D eigenvalue weighted by atomic mass is 10.1. The minimum atomic E-state index is -0.812. The lowest BCUT2D eigenvalue weighted by Crippen LogP contribution is -2.54. The molecule has 8 heteroatoms. The Hall–Kier alpha value is -3.35. The lowest BCUT2D eigenvalue weighted by molar-refractivity contribution is -0.122. The maximum absolute atomic E-state index is 13.3. The van der Waals surface area contributed by atoms with Crippen LogP contribution in [-0.4, -0.2) is 22.4 Å². The van der Waals surface area contributed by atoms with Crippen molar-refractivity contribution in [3.63, 3.8) is 0 Å². The highest BCUT2D eigenvalue weighted by atomic mass is 35.5. The van der Waals surface area contributed by atoms with Crippen molar-refractivity contribution in [3.8, 4) is 5.69 Å². The molecule has 2 aromatic carbocycles. The molecular formula is C25H21Cl2N3O3. The average Bonchev–Trinajstić information content (AvgIpc) is 3.03. The van der Waals surface area contributed by atoms with Crippen molar-refractivity contribution in [1.82, 2.24) is 9.88 Å². The fraction of sp³-hybridized carbons (Fsp3) is 0.160. The van der Waals surface area contributed by atoms with Crippen molar-refractivity contribution in [2.45, 2.75) is 27.7 Å². The molecule has 0 bridgehead atoms. The SMILES string of the molecule is Cc1c(Cl)cccc1N1C(=O)NC(=O)/C(=C\c2cc(C)n(-c3cccc(Cl)c3C)c2C)C1=O. The van der Waals surface area contributed by atoms with Gasteiger partial charge in [-0.1, -0.05) is 35.3 Å². The predicted molar refractivity (Wildman–Crippen MR) is 130 cm³/mol. The van der Waals surface area contributed by atoms with Crippen molar-refractivity contribution >= 4 is 52.8 Å². The highest BCUT2D eigenvalue weighted by Crippen LogP contribution is 2.31. The summed E-state index contributed by atoms with van der Waals surface area (Å²) in [6, 6.07) is 11.6. The van der Waals surface area contributed by atoms with Gasteiger partial charge in [0.2, 0.25) is 0 Å². The second-order valence-electron chi connectivity index (χ2n) is 7.89. The Labute approximate surface area is 201 Å². The van der Waals surface area contributed by atoms with Crippen molar-refractivity contribution in [2.75, 3.05) is 4.90 Å². The van der Waals surface area contributed by atoms with Crippen LogP contribution in [0.5, 0.6) is 0 Å². The molecule has 4 amide bonds. The van der Waals surface area contributed by atoms with Crippen LogP contribution in [0.2, 0.25) is 10.0 Å². The number of aryl methyl sites for hydroxylation is 1. The van der Waals surface area contributed by atoms with Gasteiger partial charge in [-0.05, 0) is 80.8 Å². The van der Waals surface area contributed by atoms with Crippen LogP contribution in [0, 0.1) is 27.7 Å². The summed E-state index contributed by atoms with van der Waals surface area (Å²) in [6.07, 6.45) is 1.51. The van der Waals surface area contributed by atoms with Gasteiger partial charge in [0.25, 0.3) is 11.8 Å². The molecule has 168 valence electrons. The van der Waals surface area contributed by atoms with E-state index < -0.39 is 17.8 Å². The molecule has 3 aromatic rings. The Morgan fingerprint density at radius 3 is 2.06 bits per heavy atom. The molecular weight excluding hydrogens is 461 g/mol. The normalized spacial score (nSPS) is 15.4. The number of barbiturate groups is 1. The molecule has 1 aromatic heterocycles. The average molecular weight is 482 g/mol. The van der Waals surface area contributed by atoms with Gasteiger partial charge < -0.3 is 4.57 Å². The van der Waals surface area contributed by atoms with Gasteiger partial charge in [-0.25, -0.2) is 9.69 Å². The number of nitrogens with zero attached hydrogens (tertiary/aromatic N) is 2. The molecule has 33 heavy (non-hydrogen) atoms. The van der Waals surface area contributed by atoms with Gasteiger partial charge in [0.1, 0.15) is 5.57 Å². The summed E-state index contributed by atoms with van der Waals surface area (Å²) < 4.78 is 2.02. The molecule has 0 unspecified atom stereocenters. The Kier molecular flexibility index (Phi) is 5.91. The van der Waals surface area contributed by atoms with E-state index in [2.05, 4.69) is 5.32 Å². The van der Waals surface area contributed by atoms with Gasteiger partial charge in [0, 0.05) is 27.1 Å². The number of urea groups is 1. The summed E-state index contributed by atoms with van der Waals surface area (Å²) in [4.78, 5) is 39.4. The van der Waals surface area contributed by atoms with Crippen LogP contribution >= 0.6 is 23.2 Å². The number of imide groups is 2. The maximum Gasteiger partial charge on any atom is 0.335 e. The van der Waals surface area contributed by atoms with E-state index in [0.717, 1.165) is 27.5 Å². The first-order valence-corrected chi connectivity index (χ1v) is 11.0. The van der Waals surface area contributed by atoms with E-state index in [1.165, 1.54) is 6.08 Å². The van der Waals surface area contributed by atoms with Crippen molar-refractivity contribution in [1.29, 1.82) is 0 Å². The van der Waals surface area contributed by atoms with Crippen LogP contribution in [0.4, 0.5) is 10.5 Å². The first-order chi connectivity index (χ1) is 15.6. The summed E-state index contributed by atoms with van der Waals surface area (Å²) in [5.74, 6) is -1.46. The van der Waals surface area contributed by atoms with Crippen molar-refractivity contribution in [3.05, 3.63) is 86.2 Å². The Morgan fingerprint density at radius 1 is 0.848 bits per heavy atom. The second kappa shape index (κ2) is 8.54. The van der Waals surface area contributed by atoms with Gasteiger partial charge in [-0.2, -0.15) is 0 Å². The third-order valence-corrected chi connectivity index (χ3v) is 6.65. The summed E-state index contributed by atoms with van der Waals surface area (Å²) in [5.41, 5.74) is 4.99. The minimum absolute atomic E-state index is 0.142. The maximum atomic E-state index is 13.3. The molecule has 1 fully saturated rings. The molecule has 1 N–H and O–H groups in total. The number of carbonyl (C=O) groups excluding carboxylic acids is 3. The fourth-order valence-corrected chi connectivity index (χ4v) is 4.35. The van der Waals surface area contributed by atoms with Crippen LogP contribution in [-0.2, 0) is 9.59 Å². The second-order valence-corrected chi connectivity index (χ2v) is 8.70. The van der Waals surface area contributed by atoms with E-state index in [0.29, 0.717) is 26.9 Å². The number of hydrogen-bond donors (Lipinski definition) is 1. The number of benzene rings is 2. The Morgan fingerprint density at radius 2 is 1.42 bits per heavy atom. The predicted octanol–water partition coefficient (Wildman–Crippen LogP) is 5.68. The van der Waals surface area contributed by atoms with Gasteiger partial charge in [0.05, 0.1) is 5.69 Å².